The molecule has 41 heavy (non-hydrogen) atoms. The molecule has 12 heteroatoms. The van der Waals surface area contributed by atoms with Crippen molar-refractivity contribution in [2.24, 2.45) is 11.7 Å². The number of benzene rings is 2. The molecule has 0 spiro atoms. The Labute approximate surface area is 233 Å². The standard InChI is InChI=1S/C21H24F3NO2.C8H7FN2O3/c1-2-13-6-5-9-18(13)26-12-16-19(25-27-20(16)14-10-11-14)15-7-3-4-8-17(15)21(22,23)24;9-5-3-4(7(12)13)1-2-6(5)11-8(10)14/h3-4,7-8,13-14,18H,2,5-6,9-12H2,1H3;1-3H,(H,12,13)(H3,10,11,14). The Hall–Kier alpha value is -3.93. The van der Waals surface area contributed by atoms with E-state index in [9.17, 15) is 27.2 Å². The first-order valence-electron chi connectivity index (χ1n) is 13.4. The fraction of sp³-hybridized carbons (Fsp3) is 0.414. The summed E-state index contributed by atoms with van der Waals surface area (Å²) in [7, 11) is 0. The number of anilines is 1. The van der Waals surface area contributed by atoms with Gasteiger partial charge in [0.2, 0.25) is 0 Å². The van der Waals surface area contributed by atoms with Crippen molar-refractivity contribution >= 4 is 17.7 Å². The van der Waals surface area contributed by atoms with Gasteiger partial charge in [-0.15, -0.1) is 0 Å². The third-order valence-corrected chi connectivity index (χ3v) is 7.28. The minimum Gasteiger partial charge on any atom is -0.478 e. The van der Waals surface area contributed by atoms with Crippen LogP contribution in [0.1, 0.15) is 78.6 Å². The van der Waals surface area contributed by atoms with Gasteiger partial charge in [0.05, 0.1) is 29.5 Å². The number of carboxylic acids is 1. The van der Waals surface area contributed by atoms with E-state index >= 15 is 0 Å². The van der Waals surface area contributed by atoms with Crippen LogP contribution < -0.4 is 11.1 Å². The number of primary amides is 1. The van der Waals surface area contributed by atoms with Crippen LogP contribution >= 0.6 is 0 Å². The molecule has 0 saturated heterocycles. The van der Waals surface area contributed by atoms with Crippen LogP contribution in [0.4, 0.5) is 28.0 Å². The van der Waals surface area contributed by atoms with Gasteiger partial charge < -0.3 is 25.4 Å². The highest BCUT2D eigenvalue weighted by molar-refractivity contribution is 5.91. The van der Waals surface area contributed by atoms with E-state index in [0.717, 1.165) is 62.8 Å². The molecular weight excluding hydrogens is 546 g/mol. The summed E-state index contributed by atoms with van der Waals surface area (Å²) >= 11 is 0. The Morgan fingerprint density at radius 2 is 1.88 bits per heavy atom. The van der Waals surface area contributed by atoms with E-state index in [1.807, 2.05) is 5.32 Å². The smallest absolute Gasteiger partial charge is 0.417 e. The van der Waals surface area contributed by atoms with Crippen molar-refractivity contribution in [3.8, 4) is 11.3 Å². The number of carboxylic acid groups (broad SMARTS) is 1. The van der Waals surface area contributed by atoms with E-state index in [1.54, 1.807) is 6.07 Å². The van der Waals surface area contributed by atoms with Crippen LogP contribution in [0.2, 0.25) is 0 Å². The van der Waals surface area contributed by atoms with Gasteiger partial charge >= 0.3 is 18.2 Å². The predicted molar refractivity (Wildman–Crippen MR) is 142 cm³/mol. The van der Waals surface area contributed by atoms with Gasteiger partial charge in [-0.2, -0.15) is 13.2 Å². The SMILES string of the molecule is CCC1CCCC1OCc1c(-c2ccccc2C(F)(F)F)noc1C1CC1.NC(=O)Nc1ccc(C(=O)O)cc1F. The summed E-state index contributed by atoms with van der Waals surface area (Å²) in [5.41, 5.74) is 4.76. The molecule has 3 aromatic rings. The van der Waals surface area contributed by atoms with Crippen LogP contribution in [0.3, 0.4) is 0 Å². The van der Waals surface area contributed by atoms with E-state index in [-0.39, 0.29) is 41.1 Å². The minimum absolute atomic E-state index is 0.0673. The number of urea groups is 1. The third-order valence-electron chi connectivity index (χ3n) is 7.28. The van der Waals surface area contributed by atoms with Crippen molar-refractivity contribution in [1.29, 1.82) is 0 Å². The van der Waals surface area contributed by atoms with E-state index in [2.05, 4.69) is 12.1 Å². The Bertz CT molecular complexity index is 1390. The van der Waals surface area contributed by atoms with Crippen LogP contribution in [0.15, 0.2) is 47.0 Å². The number of amides is 2. The highest BCUT2D eigenvalue weighted by Gasteiger charge is 2.38. The third kappa shape index (κ3) is 7.43. The van der Waals surface area contributed by atoms with E-state index in [1.165, 1.54) is 12.1 Å². The molecule has 2 amide bonds. The zero-order chi connectivity index (χ0) is 29.7. The van der Waals surface area contributed by atoms with Crippen molar-refractivity contribution in [2.45, 2.75) is 70.3 Å². The summed E-state index contributed by atoms with van der Waals surface area (Å²) < 4.78 is 65.2. The van der Waals surface area contributed by atoms with Crippen LogP contribution in [-0.4, -0.2) is 28.4 Å². The van der Waals surface area contributed by atoms with Gasteiger partial charge in [-0.25, -0.2) is 14.0 Å². The van der Waals surface area contributed by atoms with Gasteiger partial charge in [0.15, 0.2) is 0 Å². The number of aromatic nitrogens is 1. The number of carbonyl (C=O) groups excluding carboxylic acids is 1. The van der Waals surface area contributed by atoms with Crippen molar-refractivity contribution in [2.75, 3.05) is 5.32 Å². The molecule has 0 aliphatic heterocycles. The second-order valence-electron chi connectivity index (χ2n) is 10.1. The highest BCUT2D eigenvalue weighted by Crippen LogP contribution is 2.46. The average Bonchev–Trinajstić information content (AvgIpc) is 3.51. The number of aromatic carboxylic acids is 1. The summed E-state index contributed by atoms with van der Waals surface area (Å²) in [6.07, 6.45) is 2.09. The average molecular weight is 578 g/mol. The monoisotopic (exact) mass is 577 g/mol. The molecule has 220 valence electrons. The Morgan fingerprint density at radius 1 is 1.15 bits per heavy atom. The van der Waals surface area contributed by atoms with E-state index in [0.29, 0.717) is 17.2 Å². The molecule has 2 unspecified atom stereocenters. The van der Waals surface area contributed by atoms with Gasteiger partial charge in [-0.05, 0) is 55.9 Å². The number of hydrogen-bond donors (Lipinski definition) is 3. The second kappa shape index (κ2) is 12.7. The first kappa shape index (κ1) is 30.0. The van der Waals surface area contributed by atoms with E-state index < -0.39 is 29.6 Å². The lowest BCUT2D eigenvalue weighted by molar-refractivity contribution is -0.137. The number of carbonyl (C=O) groups is 2. The molecule has 4 N–H and O–H groups in total. The first-order valence-corrected chi connectivity index (χ1v) is 13.4. The summed E-state index contributed by atoms with van der Waals surface area (Å²) in [4.78, 5) is 20.8. The normalized spacial score (nSPS) is 18.5. The molecule has 2 aliphatic carbocycles. The van der Waals surface area contributed by atoms with Crippen LogP contribution in [0.5, 0.6) is 0 Å². The number of nitrogens with two attached hydrogens (primary N) is 1. The van der Waals surface area contributed by atoms with Crippen LogP contribution in [0.25, 0.3) is 11.3 Å². The minimum atomic E-state index is -4.44. The predicted octanol–water partition coefficient (Wildman–Crippen LogP) is 7.35. The van der Waals surface area contributed by atoms with Crippen molar-refractivity contribution in [1.82, 2.24) is 5.16 Å². The van der Waals surface area contributed by atoms with Crippen LogP contribution in [0, 0.1) is 11.7 Å². The zero-order valence-electron chi connectivity index (χ0n) is 22.3. The summed E-state index contributed by atoms with van der Waals surface area (Å²) in [5.74, 6) is -0.597. The molecule has 1 heterocycles. The fourth-order valence-corrected chi connectivity index (χ4v) is 5.04. The number of alkyl halides is 3. The van der Waals surface area contributed by atoms with Crippen molar-refractivity contribution in [3.05, 3.63) is 70.7 Å². The van der Waals surface area contributed by atoms with Gasteiger partial charge in [0.1, 0.15) is 17.3 Å². The van der Waals surface area contributed by atoms with Crippen molar-refractivity contribution < 1.29 is 41.5 Å². The number of rotatable bonds is 8. The van der Waals surface area contributed by atoms with Gasteiger partial charge in [-0.1, -0.05) is 43.1 Å². The summed E-state index contributed by atoms with van der Waals surface area (Å²) in [6, 6.07) is 7.74. The number of ether oxygens (including phenoxy) is 1. The fourth-order valence-electron chi connectivity index (χ4n) is 5.04. The Kier molecular flexibility index (Phi) is 9.31. The molecule has 2 aliphatic rings. The molecule has 2 aromatic carbocycles. The zero-order valence-corrected chi connectivity index (χ0v) is 22.3. The molecule has 2 fully saturated rings. The molecule has 8 nitrogen and oxygen atoms in total. The Morgan fingerprint density at radius 3 is 2.49 bits per heavy atom. The Balaban J connectivity index is 0.000000234. The van der Waals surface area contributed by atoms with E-state index in [4.69, 9.17) is 20.1 Å². The molecule has 0 bridgehead atoms. The second-order valence-corrected chi connectivity index (χ2v) is 10.1. The molecule has 2 saturated carbocycles. The lowest BCUT2D eigenvalue weighted by Crippen LogP contribution is -2.20. The number of nitrogens with zero attached hydrogens (tertiary/aromatic N) is 1. The highest BCUT2D eigenvalue weighted by atomic mass is 19.4. The molecule has 5 rings (SSSR count). The van der Waals surface area contributed by atoms with Gasteiger partial charge in [-0.3, -0.25) is 0 Å². The quantitative estimate of drug-likeness (QED) is 0.240. The topological polar surface area (TPSA) is 128 Å². The van der Waals surface area contributed by atoms with Gasteiger partial charge in [0, 0.05) is 17.0 Å². The molecule has 0 radical (unpaired) electrons. The lowest BCUT2D eigenvalue weighted by Gasteiger charge is -2.19. The number of halogens is 4. The van der Waals surface area contributed by atoms with Gasteiger partial charge in [0.25, 0.3) is 0 Å². The maximum Gasteiger partial charge on any atom is 0.417 e. The molecular formula is C29H31F4N3O5. The molecule has 2 atom stereocenters. The van der Waals surface area contributed by atoms with Crippen molar-refractivity contribution in [3.63, 3.8) is 0 Å². The maximum atomic E-state index is 13.5. The number of hydrogen-bond acceptors (Lipinski definition) is 5. The first-order chi connectivity index (χ1) is 19.5. The lowest BCUT2D eigenvalue weighted by atomic mass is 9.99. The largest absolute Gasteiger partial charge is 0.478 e. The molecule has 1 aromatic heterocycles. The van der Waals surface area contributed by atoms with Crippen LogP contribution in [-0.2, 0) is 17.5 Å². The summed E-state index contributed by atoms with van der Waals surface area (Å²) in [6.45, 7) is 2.42. The maximum absolute atomic E-state index is 13.5. The number of nitrogens with one attached hydrogen (secondary N) is 1. The summed E-state index contributed by atoms with van der Waals surface area (Å²) in [5, 5.41) is 14.6.